The summed E-state index contributed by atoms with van der Waals surface area (Å²) < 4.78 is 16.2. The minimum Gasteiger partial charge on any atom is -0.497 e. The Bertz CT molecular complexity index is 1310. The van der Waals surface area contributed by atoms with Crippen LogP contribution in [0.1, 0.15) is 12.5 Å². The van der Waals surface area contributed by atoms with E-state index in [9.17, 15) is 9.59 Å². The highest BCUT2D eigenvalue weighted by molar-refractivity contribution is 7.14. The average Bonchev–Trinajstić information content (AvgIpc) is 3.22. The molecule has 0 aliphatic rings. The van der Waals surface area contributed by atoms with E-state index in [1.807, 2.05) is 36.6 Å². The third-order valence-electron chi connectivity index (χ3n) is 4.70. The lowest BCUT2D eigenvalue weighted by molar-refractivity contribution is -0.122. The van der Waals surface area contributed by atoms with Crippen molar-refractivity contribution in [2.24, 2.45) is 0 Å². The van der Waals surface area contributed by atoms with E-state index in [4.69, 9.17) is 13.9 Å². The Morgan fingerprint density at radius 3 is 2.81 bits per heavy atom. The van der Waals surface area contributed by atoms with Gasteiger partial charge in [-0.2, -0.15) is 0 Å². The predicted octanol–water partition coefficient (Wildman–Crippen LogP) is 4.64. The molecule has 1 N–H and O–H groups in total. The van der Waals surface area contributed by atoms with Crippen molar-refractivity contribution in [2.45, 2.75) is 20.0 Å². The Morgan fingerprint density at radius 1 is 1.16 bits per heavy atom. The Morgan fingerprint density at radius 2 is 2.00 bits per heavy atom. The van der Waals surface area contributed by atoms with Gasteiger partial charge in [-0.05, 0) is 43.7 Å². The van der Waals surface area contributed by atoms with E-state index in [1.165, 1.54) is 17.4 Å². The highest BCUT2D eigenvalue weighted by Gasteiger charge is 2.17. The van der Waals surface area contributed by atoms with Crippen LogP contribution in [0.5, 0.6) is 11.5 Å². The van der Waals surface area contributed by atoms with Gasteiger partial charge in [-0.1, -0.05) is 12.1 Å². The second-order valence-electron chi connectivity index (χ2n) is 6.93. The molecule has 4 aromatic rings. The van der Waals surface area contributed by atoms with Crippen molar-refractivity contribution in [2.75, 3.05) is 12.4 Å². The monoisotopic (exact) mass is 436 g/mol. The summed E-state index contributed by atoms with van der Waals surface area (Å²) in [5.41, 5.74) is 2.45. The number of anilines is 1. The van der Waals surface area contributed by atoms with Crippen LogP contribution in [0, 0.1) is 6.92 Å². The molecule has 0 radical (unpaired) electrons. The minimum atomic E-state index is -0.779. The quantitative estimate of drug-likeness (QED) is 0.443. The number of fused-ring (bicyclic) bond motifs is 1. The second kappa shape index (κ2) is 8.61. The number of methoxy groups -OCH3 is 1. The van der Waals surface area contributed by atoms with E-state index in [1.54, 1.807) is 32.2 Å². The summed E-state index contributed by atoms with van der Waals surface area (Å²) in [5, 5.41) is 5.93. The molecule has 4 rings (SSSR count). The van der Waals surface area contributed by atoms with Crippen LogP contribution in [0.25, 0.3) is 22.2 Å². The van der Waals surface area contributed by atoms with Crippen molar-refractivity contribution in [1.29, 1.82) is 0 Å². The zero-order valence-corrected chi connectivity index (χ0v) is 18.0. The van der Waals surface area contributed by atoms with Gasteiger partial charge >= 0.3 is 5.63 Å². The number of nitrogens with one attached hydrogen (secondary N) is 1. The normalized spacial score (nSPS) is 11.8. The third-order valence-corrected chi connectivity index (χ3v) is 5.46. The summed E-state index contributed by atoms with van der Waals surface area (Å²) in [4.78, 5) is 28.6. The number of aromatic nitrogens is 1. The maximum atomic E-state index is 12.6. The first-order valence-electron chi connectivity index (χ1n) is 9.55. The lowest BCUT2D eigenvalue weighted by Gasteiger charge is -2.14. The van der Waals surface area contributed by atoms with Crippen molar-refractivity contribution in [1.82, 2.24) is 4.98 Å². The molecule has 0 aliphatic heterocycles. The lowest BCUT2D eigenvalue weighted by atomic mass is 10.1. The van der Waals surface area contributed by atoms with E-state index in [2.05, 4.69) is 10.3 Å². The molecule has 7 nitrogen and oxygen atoms in total. The van der Waals surface area contributed by atoms with Crippen LogP contribution >= 0.6 is 11.3 Å². The summed E-state index contributed by atoms with van der Waals surface area (Å²) in [6, 6.07) is 14.1. The van der Waals surface area contributed by atoms with Gasteiger partial charge in [0.05, 0.1) is 12.8 Å². The second-order valence-corrected chi connectivity index (χ2v) is 7.78. The summed E-state index contributed by atoms with van der Waals surface area (Å²) in [6.07, 6.45) is -0.779. The zero-order chi connectivity index (χ0) is 22.0. The number of amides is 1. The van der Waals surface area contributed by atoms with E-state index in [-0.39, 0.29) is 5.91 Å². The van der Waals surface area contributed by atoms with E-state index in [0.717, 1.165) is 28.0 Å². The summed E-state index contributed by atoms with van der Waals surface area (Å²) >= 11 is 1.33. The molecule has 0 saturated heterocycles. The Balaban J connectivity index is 1.45. The minimum absolute atomic E-state index is 0.336. The molecule has 8 heteroatoms. The lowest BCUT2D eigenvalue weighted by Crippen LogP contribution is -2.30. The highest BCUT2D eigenvalue weighted by atomic mass is 32.1. The molecule has 2 aromatic carbocycles. The Hall–Kier alpha value is -3.65. The first-order chi connectivity index (χ1) is 14.9. The van der Waals surface area contributed by atoms with Crippen LogP contribution in [0.2, 0.25) is 0 Å². The van der Waals surface area contributed by atoms with Crippen molar-refractivity contribution >= 4 is 33.3 Å². The van der Waals surface area contributed by atoms with Gasteiger partial charge in [-0.25, -0.2) is 9.78 Å². The smallest absolute Gasteiger partial charge is 0.336 e. The van der Waals surface area contributed by atoms with Gasteiger partial charge in [0.15, 0.2) is 11.2 Å². The van der Waals surface area contributed by atoms with Crippen LogP contribution in [0.15, 0.2) is 63.1 Å². The molecule has 0 saturated carbocycles. The van der Waals surface area contributed by atoms with Gasteiger partial charge in [0.1, 0.15) is 17.1 Å². The Kier molecular flexibility index (Phi) is 5.73. The molecular formula is C23H20N2O5S. The fourth-order valence-corrected chi connectivity index (χ4v) is 3.81. The van der Waals surface area contributed by atoms with E-state index in [0.29, 0.717) is 16.5 Å². The van der Waals surface area contributed by atoms with Gasteiger partial charge in [0.25, 0.3) is 5.91 Å². The van der Waals surface area contributed by atoms with E-state index < -0.39 is 11.7 Å². The first kappa shape index (κ1) is 20.6. The molecule has 0 bridgehead atoms. The molecule has 2 aromatic heterocycles. The molecule has 1 atom stereocenters. The zero-order valence-electron chi connectivity index (χ0n) is 17.2. The molecule has 158 valence electrons. The number of nitrogens with zero attached hydrogens (tertiary/aromatic N) is 1. The van der Waals surface area contributed by atoms with Crippen molar-refractivity contribution in [3.05, 3.63) is 69.9 Å². The summed E-state index contributed by atoms with van der Waals surface area (Å²) in [7, 11) is 1.61. The van der Waals surface area contributed by atoms with Gasteiger partial charge in [-0.15, -0.1) is 11.3 Å². The number of carbonyl (C=O) groups excluding carboxylic acids is 1. The number of ether oxygens (including phenoxy) is 2. The van der Waals surface area contributed by atoms with Gasteiger partial charge in [0, 0.05) is 28.5 Å². The molecule has 1 amide bonds. The standard InChI is InChI=1S/C23H20N2O5S/c1-13-9-21(26)30-20-11-17(7-8-18(13)20)29-14(2)22(27)25-23-24-19(12-31-23)15-5-4-6-16(10-15)28-3/h4-12,14H,1-3H3,(H,24,25,27). The molecule has 1 unspecified atom stereocenters. The maximum Gasteiger partial charge on any atom is 0.336 e. The van der Waals surface area contributed by atoms with Crippen LogP contribution in [0.3, 0.4) is 0 Å². The van der Waals surface area contributed by atoms with Crippen molar-refractivity contribution in [3.63, 3.8) is 0 Å². The number of benzene rings is 2. The summed E-state index contributed by atoms with van der Waals surface area (Å²) in [6.45, 7) is 3.48. The number of hydrogen-bond acceptors (Lipinski definition) is 7. The van der Waals surface area contributed by atoms with Crippen LogP contribution in [-0.2, 0) is 4.79 Å². The number of rotatable bonds is 6. The molecule has 0 aliphatic carbocycles. The van der Waals surface area contributed by atoms with Crippen molar-refractivity contribution in [3.8, 4) is 22.8 Å². The first-order valence-corrected chi connectivity index (χ1v) is 10.4. The van der Waals surface area contributed by atoms with Gasteiger partial charge in [0.2, 0.25) is 0 Å². The van der Waals surface area contributed by atoms with Crippen LogP contribution in [-0.4, -0.2) is 24.1 Å². The molecule has 2 heterocycles. The maximum absolute atomic E-state index is 12.6. The Labute approximate surface area is 182 Å². The average molecular weight is 436 g/mol. The predicted molar refractivity (Wildman–Crippen MR) is 120 cm³/mol. The topological polar surface area (TPSA) is 90.7 Å². The third kappa shape index (κ3) is 4.59. The van der Waals surface area contributed by atoms with Gasteiger partial charge in [-0.3, -0.25) is 10.1 Å². The van der Waals surface area contributed by atoms with Crippen molar-refractivity contribution < 1.29 is 18.7 Å². The molecular weight excluding hydrogens is 416 g/mol. The van der Waals surface area contributed by atoms with Gasteiger partial charge < -0.3 is 13.9 Å². The summed E-state index contributed by atoms with van der Waals surface area (Å²) in [5.74, 6) is 0.831. The number of carbonyl (C=O) groups is 1. The molecule has 31 heavy (non-hydrogen) atoms. The fraction of sp³-hybridized carbons (Fsp3) is 0.174. The SMILES string of the molecule is COc1cccc(-c2csc(NC(=O)C(C)Oc3ccc4c(C)cc(=O)oc4c3)n2)c1. The number of thiazole rings is 1. The van der Waals surface area contributed by atoms with Crippen LogP contribution < -0.4 is 20.4 Å². The van der Waals surface area contributed by atoms with E-state index >= 15 is 0 Å². The fourth-order valence-electron chi connectivity index (χ4n) is 3.09. The van der Waals surface area contributed by atoms with Crippen LogP contribution in [0.4, 0.5) is 5.13 Å². The molecule has 0 fully saturated rings. The number of hydrogen-bond donors (Lipinski definition) is 1. The number of aryl methyl sites for hydroxylation is 1. The largest absolute Gasteiger partial charge is 0.497 e. The highest BCUT2D eigenvalue weighted by Crippen LogP contribution is 2.28. The molecule has 0 spiro atoms.